The van der Waals surface area contributed by atoms with Crippen LogP contribution in [0.25, 0.3) is 0 Å². The van der Waals surface area contributed by atoms with Crippen LogP contribution in [0.4, 0.5) is 22.0 Å². The lowest BCUT2D eigenvalue weighted by molar-refractivity contribution is 0.384. The Morgan fingerprint density at radius 3 is 0.941 bits per heavy atom. The summed E-state index contributed by atoms with van der Waals surface area (Å²) in [7, 11) is 4.52. The molecule has 0 saturated heterocycles. The molecule has 0 aromatic heterocycles. The summed E-state index contributed by atoms with van der Waals surface area (Å²) in [6.45, 7) is 6.42. The molecule has 172 valence electrons. The average molecular weight is 483 g/mol. The van der Waals surface area contributed by atoms with Gasteiger partial charge in [-0.25, -0.2) is 22.0 Å². The van der Waals surface area contributed by atoms with Crippen molar-refractivity contribution in [1.82, 2.24) is 0 Å². The molecule has 7 heteroatoms. The van der Waals surface area contributed by atoms with Gasteiger partial charge in [0.2, 0.25) is 0 Å². The van der Waals surface area contributed by atoms with E-state index < -0.39 is 34.5 Å². The largest absolute Gasteiger partial charge is 0.204 e. The van der Waals surface area contributed by atoms with Gasteiger partial charge in [0.25, 0.3) is 0 Å². The molecule has 0 saturated carbocycles. The van der Waals surface area contributed by atoms with Gasteiger partial charge in [-0.15, -0.1) is 0 Å². The highest BCUT2D eigenvalue weighted by molar-refractivity contribution is 7.97. The minimum Gasteiger partial charge on any atom is -0.204 e. The third-order valence-electron chi connectivity index (χ3n) is 5.01. The fraction of sp³-hybridized carbons (Fsp3) is 0.111. The molecule has 4 rings (SSSR count). The number of benzene rings is 4. The molecular formula is C27H21BF5S+. The zero-order valence-electron chi connectivity index (χ0n) is 18.8. The average Bonchev–Trinajstić information content (AvgIpc) is 2.84. The van der Waals surface area contributed by atoms with Gasteiger partial charge in [-0.05, 0) is 62.6 Å². The molecule has 0 atom stereocenters. The van der Waals surface area contributed by atoms with E-state index in [-0.39, 0.29) is 10.9 Å². The molecule has 0 aliphatic carbocycles. The molecule has 0 fully saturated rings. The summed E-state index contributed by atoms with van der Waals surface area (Å²) in [6.07, 6.45) is 0. The topological polar surface area (TPSA) is 0 Å². The molecule has 0 N–H and O–H groups in total. The first-order valence-corrected chi connectivity index (χ1v) is 11.5. The zero-order valence-corrected chi connectivity index (χ0v) is 19.6. The van der Waals surface area contributed by atoms with Crippen LogP contribution in [0.1, 0.15) is 16.7 Å². The molecule has 0 bridgehead atoms. The highest BCUT2D eigenvalue weighted by Gasteiger charge is 2.28. The van der Waals surface area contributed by atoms with Gasteiger partial charge in [-0.3, -0.25) is 0 Å². The van der Waals surface area contributed by atoms with E-state index in [9.17, 15) is 22.0 Å². The van der Waals surface area contributed by atoms with Gasteiger partial charge in [0.15, 0.2) is 43.8 Å². The first kappa shape index (κ1) is 25.6. The monoisotopic (exact) mass is 483 g/mol. The fourth-order valence-corrected chi connectivity index (χ4v) is 5.09. The van der Waals surface area contributed by atoms with E-state index >= 15 is 0 Å². The standard InChI is InChI=1S/C21H21S.C6BF5/c1-16-4-10-19(11-5-16)22(20-12-6-17(2)7-13-20)21-14-8-18(3)9-15-21;7-1-2(8)4(10)6(12)5(11)3(1)9/h4-15H,1-3H3;/q+1;. The maximum absolute atomic E-state index is 12.3. The Morgan fingerprint density at radius 1 is 0.441 bits per heavy atom. The lowest BCUT2D eigenvalue weighted by atomic mass is 9.94. The number of aryl methyl sites for hydroxylation is 3. The predicted molar refractivity (Wildman–Crippen MR) is 127 cm³/mol. The van der Waals surface area contributed by atoms with Crippen molar-refractivity contribution in [3.63, 3.8) is 0 Å². The Morgan fingerprint density at radius 2 is 0.676 bits per heavy atom. The van der Waals surface area contributed by atoms with Crippen molar-refractivity contribution in [2.45, 2.75) is 35.5 Å². The van der Waals surface area contributed by atoms with Gasteiger partial charge in [-0.1, -0.05) is 53.1 Å². The molecule has 0 heterocycles. The normalized spacial score (nSPS) is 10.7. The molecule has 0 amide bonds. The minimum atomic E-state index is -2.21. The van der Waals surface area contributed by atoms with Gasteiger partial charge in [0, 0.05) is 0 Å². The molecule has 0 aliphatic rings. The Kier molecular flexibility index (Phi) is 8.21. The Bertz CT molecular complexity index is 1060. The first-order valence-electron chi connectivity index (χ1n) is 10.3. The smallest absolute Gasteiger partial charge is 0.200 e. The SMILES string of the molecule is Cc1ccc([S+](c2ccc(C)cc2)c2ccc(C)cc2)cc1.[B]c1c(F)c(F)c(F)c(F)c1F. The predicted octanol–water partition coefficient (Wildman–Crippen LogP) is 6.88. The highest BCUT2D eigenvalue weighted by atomic mass is 32.2. The lowest BCUT2D eigenvalue weighted by Gasteiger charge is -2.09. The summed E-state index contributed by atoms with van der Waals surface area (Å²) < 4.78 is 61.1. The van der Waals surface area contributed by atoms with Crippen molar-refractivity contribution in [3.05, 3.63) is 119 Å². The van der Waals surface area contributed by atoms with E-state index in [1.165, 1.54) is 31.4 Å². The Labute approximate surface area is 200 Å². The van der Waals surface area contributed by atoms with Crippen molar-refractivity contribution < 1.29 is 22.0 Å². The minimum absolute atomic E-state index is 0.0394. The lowest BCUT2D eigenvalue weighted by Crippen LogP contribution is -2.20. The molecule has 2 radical (unpaired) electrons. The van der Waals surface area contributed by atoms with Crippen molar-refractivity contribution in [1.29, 1.82) is 0 Å². The number of hydrogen-bond donors (Lipinski definition) is 0. The van der Waals surface area contributed by atoms with Crippen LogP contribution in [0.15, 0.2) is 87.5 Å². The van der Waals surface area contributed by atoms with Gasteiger partial charge in [-0.2, -0.15) is 0 Å². The molecule has 0 unspecified atom stereocenters. The number of rotatable bonds is 3. The van der Waals surface area contributed by atoms with E-state index in [0.717, 1.165) is 0 Å². The number of halogens is 5. The van der Waals surface area contributed by atoms with Gasteiger partial charge in [0.05, 0.1) is 10.9 Å². The molecule has 4 aromatic carbocycles. The third-order valence-corrected chi connectivity index (χ3v) is 7.24. The van der Waals surface area contributed by atoms with Crippen molar-refractivity contribution in [2.24, 2.45) is 0 Å². The van der Waals surface area contributed by atoms with Crippen LogP contribution >= 0.6 is 0 Å². The number of hydrogen-bond acceptors (Lipinski definition) is 0. The highest BCUT2D eigenvalue weighted by Crippen LogP contribution is 2.31. The van der Waals surface area contributed by atoms with Crippen LogP contribution in [0.2, 0.25) is 0 Å². The summed E-state index contributed by atoms with van der Waals surface area (Å²) in [4.78, 5) is 4.12. The van der Waals surface area contributed by atoms with Crippen LogP contribution in [-0.2, 0) is 10.9 Å². The molecular weight excluding hydrogens is 462 g/mol. The van der Waals surface area contributed by atoms with Crippen molar-refractivity contribution in [2.75, 3.05) is 0 Å². The van der Waals surface area contributed by atoms with Crippen molar-refractivity contribution >= 4 is 24.2 Å². The fourth-order valence-electron chi connectivity index (χ4n) is 3.05. The second-order valence-electron chi connectivity index (χ2n) is 7.73. The summed E-state index contributed by atoms with van der Waals surface area (Å²) >= 11 is 0. The van der Waals surface area contributed by atoms with E-state index in [0.29, 0.717) is 0 Å². The first-order chi connectivity index (χ1) is 16.1. The van der Waals surface area contributed by atoms with Gasteiger partial charge < -0.3 is 0 Å². The maximum Gasteiger partial charge on any atom is 0.200 e. The summed E-state index contributed by atoms with van der Waals surface area (Å²) in [5.74, 6) is -10.3. The van der Waals surface area contributed by atoms with E-state index in [2.05, 4.69) is 101 Å². The van der Waals surface area contributed by atoms with Crippen LogP contribution < -0.4 is 5.46 Å². The second kappa shape index (κ2) is 10.9. The van der Waals surface area contributed by atoms with Crippen LogP contribution in [0.5, 0.6) is 0 Å². The third kappa shape index (κ3) is 5.71. The quantitative estimate of drug-likeness (QED) is 0.0980. The molecule has 34 heavy (non-hydrogen) atoms. The maximum atomic E-state index is 12.3. The summed E-state index contributed by atoms with van der Waals surface area (Å²) in [6, 6.07) is 26.8. The molecule has 0 aliphatic heterocycles. The summed E-state index contributed by atoms with van der Waals surface area (Å²) in [5, 5.41) is 0. The van der Waals surface area contributed by atoms with Crippen LogP contribution in [0, 0.1) is 49.9 Å². The zero-order chi connectivity index (χ0) is 25.0. The Balaban J connectivity index is 0.000000229. The van der Waals surface area contributed by atoms with Crippen molar-refractivity contribution in [3.8, 4) is 0 Å². The van der Waals surface area contributed by atoms with Gasteiger partial charge >= 0.3 is 0 Å². The Hall–Kier alpha value is -3.06. The van der Waals surface area contributed by atoms with E-state index in [1.807, 2.05) is 0 Å². The van der Waals surface area contributed by atoms with E-state index in [4.69, 9.17) is 0 Å². The summed E-state index contributed by atoms with van der Waals surface area (Å²) in [5.41, 5.74) is 2.55. The molecule has 4 aromatic rings. The van der Waals surface area contributed by atoms with Crippen LogP contribution in [-0.4, -0.2) is 7.85 Å². The molecule has 0 spiro atoms. The second-order valence-corrected chi connectivity index (χ2v) is 9.76. The van der Waals surface area contributed by atoms with Crippen LogP contribution in [0.3, 0.4) is 0 Å². The van der Waals surface area contributed by atoms with E-state index in [1.54, 1.807) is 0 Å². The van der Waals surface area contributed by atoms with Gasteiger partial charge in [0.1, 0.15) is 7.85 Å². The molecule has 0 nitrogen and oxygen atoms in total.